The van der Waals surface area contributed by atoms with Gasteiger partial charge >= 0.3 is 0 Å². The predicted molar refractivity (Wildman–Crippen MR) is 139 cm³/mol. The van der Waals surface area contributed by atoms with Crippen molar-refractivity contribution in [3.8, 4) is 11.3 Å². The molecule has 1 aromatic carbocycles. The number of nitrogens with two attached hydrogens (primary N) is 1. The molecular formula is C26H33Cl2N5O2. The molecule has 3 aliphatic rings. The van der Waals surface area contributed by atoms with E-state index in [0.29, 0.717) is 45.1 Å². The zero-order valence-electron chi connectivity index (χ0n) is 20.1. The van der Waals surface area contributed by atoms with E-state index in [1.54, 1.807) is 11.0 Å². The number of aliphatic hydroxyl groups is 1. The van der Waals surface area contributed by atoms with Crippen molar-refractivity contribution in [1.29, 1.82) is 0 Å². The van der Waals surface area contributed by atoms with Crippen LogP contribution < -0.4 is 10.6 Å². The van der Waals surface area contributed by atoms with Gasteiger partial charge in [0, 0.05) is 31.2 Å². The highest BCUT2D eigenvalue weighted by molar-refractivity contribution is 6.43. The Balaban J connectivity index is 1.55. The molecule has 3 fully saturated rings. The fourth-order valence-corrected chi connectivity index (χ4v) is 6.58. The monoisotopic (exact) mass is 517 g/mol. The number of aliphatic hydroxyl groups excluding tert-OH is 1. The largest absolute Gasteiger partial charge is 0.394 e. The molecule has 1 aromatic heterocycles. The number of halogens is 2. The summed E-state index contributed by atoms with van der Waals surface area (Å²) in [5, 5.41) is 10.7. The van der Waals surface area contributed by atoms with Gasteiger partial charge in [0.25, 0.3) is 5.91 Å². The Kier molecular flexibility index (Phi) is 6.96. The van der Waals surface area contributed by atoms with Crippen LogP contribution in [0, 0.1) is 12.3 Å². The van der Waals surface area contributed by atoms with E-state index in [1.807, 2.05) is 19.1 Å². The van der Waals surface area contributed by atoms with Gasteiger partial charge in [0.2, 0.25) is 0 Å². The van der Waals surface area contributed by atoms with Crippen LogP contribution in [0.15, 0.2) is 18.2 Å². The van der Waals surface area contributed by atoms with E-state index in [4.69, 9.17) is 38.9 Å². The molecule has 0 bridgehead atoms. The van der Waals surface area contributed by atoms with Crippen LogP contribution in [0.2, 0.25) is 10.0 Å². The van der Waals surface area contributed by atoms with Gasteiger partial charge in [-0.25, -0.2) is 9.97 Å². The molecule has 188 valence electrons. The zero-order chi connectivity index (χ0) is 24.7. The lowest BCUT2D eigenvalue weighted by Gasteiger charge is -2.43. The number of piperidine rings is 1. The van der Waals surface area contributed by atoms with E-state index in [-0.39, 0.29) is 30.0 Å². The summed E-state index contributed by atoms with van der Waals surface area (Å²) in [5.74, 6) is 0.417. The first kappa shape index (κ1) is 24.8. The Morgan fingerprint density at radius 3 is 2.60 bits per heavy atom. The lowest BCUT2D eigenvalue weighted by Crippen LogP contribution is -2.48. The lowest BCUT2D eigenvalue weighted by molar-refractivity contribution is 0.0671. The number of hydrogen-bond donors (Lipinski definition) is 2. The molecule has 1 spiro atoms. The average molecular weight is 518 g/mol. The van der Waals surface area contributed by atoms with Crippen molar-refractivity contribution in [2.24, 2.45) is 11.1 Å². The van der Waals surface area contributed by atoms with E-state index in [9.17, 15) is 9.90 Å². The molecule has 2 aliphatic heterocycles. The molecule has 0 radical (unpaired) electrons. The van der Waals surface area contributed by atoms with Gasteiger partial charge in [-0.2, -0.15) is 0 Å². The number of anilines is 1. The van der Waals surface area contributed by atoms with Crippen LogP contribution in [0.5, 0.6) is 0 Å². The number of aryl methyl sites for hydroxylation is 1. The molecule has 9 heteroatoms. The minimum atomic E-state index is -0.197. The fraction of sp³-hybridized carbons (Fsp3) is 0.577. The number of carbonyl (C=O) groups is 1. The van der Waals surface area contributed by atoms with Crippen molar-refractivity contribution in [3.63, 3.8) is 0 Å². The quantitative estimate of drug-likeness (QED) is 0.621. The van der Waals surface area contributed by atoms with Gasteiger partial charge in [-0.15, -0.1) is 0 Å². The second-order valence-electron chi connectivity index (χ2n) is 10.3. The molecule has 2 atom stereocenters. The maximum Gasteiger partial charge on any atom is 0.276 e. The summed E-state index contributed by atoms with van der Waals surface area (Å²) in [6.45, 7) is 4.02. The van der Waals surface area contributed by atoms with Crippen LogP contribution in [0.3, 0.4) is 0 Å². The molecule has 7 nitrogen and oxygen atoms in total. The van der Waals surface area contributed by atoms with Crippen molar-refractivity contribution < 1.29 is 9.90 Å². The van der Waals surface area contributed by atoms with Crippen LogP contribution >= 0.6 is 23.2 Å². The molecule has 2 saturated heterocycles. The Labute approximate surface area is 216 Å². The van der Waals surface area contributed by atoms with E-state index in [2.05, 4.69) is 4.90 Å². The number of nitrogens with zero attached hydrogens (tertiary/aromatic N) is 4. The minimum absolute atomic E-state index is 0.0581. The highest BCUT2D eigenvalue weighted by Crippen LogP contribution is 2.46. The first-order valence-electron chi connectivity index (χ1n) is 12.6. The third-order valence-corrected chi connectivity index (χ3v) is 9.16. The molecule has 5 rings (SSSR count). The van der Waals surface area contributed by atoms with Crippen molar-refractivity contribution in [2.45, 2.75) is 64.0 Å². The van der Waals surface area contributed by atoms with Crippen molar-refractivity contribution >= 4 is 34.9 Å². The first-order chi connectivity index (χ1) is 16.8. The molecule has 1 saturated carbocycles. The summed E-state index contributed by atoms with van der Waals surface area (Å²) < 4.78 is 0. The normalized spacial score (nSPS) is 23.9. The van der Waals surface area contributed by atoms with Crippen LogP contribution in [0.4, 0.5) is 5.82 Å². The number of hydrogen-bond acceptors (Lipinski definition) is 6. The van der Waals surface area contributed by atoms with Crippen LogP contribution in [0.25, 0.3) is 11.3 Å². The van der Waals surface area contributed by atoms with Gasteiger partial charge in [-0.1, -0.05) is 41.8 Å². The summed E-state index contributed by atoms with van der Waals surface area (Å²) in [7, 11) is 0. The third kappa shape index (κ3) is 4.41. The summed E-state index contributed by atoms with van der Waals surface area (Å²) >= 11 is 12.8. The van der Waals surface area contributed by atoms with Crippen LogP contribution in [-0.2, 0) is 0 Å². The molecular weight excluding hydrogens is 485 g/mol. The lowest BCUT2D eigenvalue weighted by atomic mass is 9.74. The Hall–Kier alpha value is -1.93. The SMILES string of the molecule is Cc1nc(N2CCC3(CCC[C@H]3N)CC2)c(C(=O)N2CCCC2CO)nc1-c1cccc(Cl)c1Cl. The molecule has 1 unspecified atom stereocenters. The van der Waals surface area contributed by atoms with Crippen LogP contribution in [0.1, 0.15) is 61.1 Å². The number of amides is 1. The zero-order valence-corrected chi connectivity index (χ0v) is 21.7. The van der Waals surface area contributed by atoms with Gasteiger partial charge in [0.15, 0.2) is 11.5 Å². The Bertz CT molecular complexity index is 1120. The number of benzene rings is 1. The second-order valence-corrected chi connectivity index (χ2v) is 11.0. The summed E-state index contributed by atoms with van der Waals surface area (Å²) in [6.07, 6.45) is 7.10. The molecule has 35 heavy (non-hydrogen) atoms. The topological polar surface area (TPSA) is 95.6 Å². The summed E-state index contributed by atoms with van der Waals surface area (Å²) in [4.78, 5) is 27.6. The Morgan fingerprint density at radius 2 is 1.91 bits per heavy atom. The predicted octanol–water partition coefficient (Wildman–Crippen LogP) is 4.45. The van der Waals surface area contributed by atoms with Gasteiger partial charge < -0.3 is 20.6 Å². The molecule has 2 aromatic rings. The molecule has 1 aliphatic carbocycles. The number of likely N-dealkylation sites (tertiary alicyclic amines) is 1. The minimum Gasteiger partial charge on any atom is -0.394 e. The standard InChI is InChI=1S/C26H33Cl2N5O2/c1-16-22(18-6-2-7-19(27)21(18)28)31-23(25(35)33-12-4-5-17(33)15-34)24(30-16)32-13-10-26(11-14-32)9-3-8-20(26)29/h2,6-7,17,20,34H,3-5,8-15,29H2,1H3/t17?,20-/m1/s1. The molecule has 1 amide bonds. The Morgan fingerprint density at radius 1 is 1.14 bits per heavy atom. The van der Waals surface area contributed by atoms with Gasteiger partial charge in [0.05, 0.1) is 34.1 Å². The molecule has 3 heterocycles. The number of carbonyl (C=O) groups excluding carboxylic acids is 1. The smallest absolute Gasteiger partial charge is 0.276 e. The van der Waals surface area contributed by atoms with Gasteiger partial charge in [-0.3, -0.25) is 4.79 Å². The van der Waals surface area contributed by atoms with Crippen molar-refractivity contribution in [3.05, 3.63) is 39.6 Å². The average Bonchev–Trinajstić information content (AvgIpc) is 3.48. The van der Waals surface area contributed by atoms with E-state index < -0.39 is 0 Å². The summed E-state index contributed by atoms with van der Waals surface area (Å²) in [5.41, 5.74) is 8.91. The van der Waals surface area contributed by atoms with Crippen molar-refractivity contribution in [1.82, 2.24) is 14.9 Å². The highest BCUT2D eigenvalue weighted by atomic mass is 35.5. The molecule has 3 N–H and O–H groups in total. The number of aromatic nitrogens is 2. The van der Waals surface area contributed by atoms with E-state index >= 15 is 0 Å². The number of rotatable bonds is 4. The second kappa shape index (κ2) is 9.85. The van der Waals surface area contributed by atoms with E-state index in [1.165, 1.54) is 12.8 Å². The van der Waals surface area contributed by atoms with Gasteiger partial charge in [0.1, 0.15) is 0 Å². The third-order valence-electron chi connectivity index (χ3n) is 8.34. The maximum absolute atomic E-state index is 13.8. The van der Waals surface area contributed by atoms with Gasteiger partial charge in [-0.05, 0) is 56.9 Å². The first-order valence-corrected chi connectivity index (χ1v) is 13.4. The summed E-state index contributed by atoms with van der Waals surface area (Å²) in [6, 6.07) is 5.44. The fourth-order valence-electron chi connectivity index (χ4n) is 6.19. The van der Waals surface area contributed by atoms with Crippen LogP contribution in [-0.4, -0.2) is 64.2 Å². The van der Waals surface area contributed by atoms with E-state index in [0.717, 1.165) is 45.2 Å². The van der Waals surface area contributed by atoms with Crippen molar-refractivity contribution in [2.75, 3.05) is 31.1 Å². The highest BCUT2D eigenvalue weighted by Gasteiger charge is 2.44. The maximum atomic E-state index is 13.8.